The standard InChI is InChI=1S/C19H20FN3O/c1-13(2)23-12-22-17-10-14(6-7-18(17)23)8-9-21-19(24)15-4-3-5-16(20)11-15/h3-7,10-13H,8-9H2,1-2H3,(H,21,24). The van der Waals surface area contributed by atoms with Crippen molar-refractivity contribution in [3.63, 3.8) is 0 Å². The Labute approximate surface area is 140 Å². The first-order valence-corrected chi connectivity index (χ1v) is 8.04. The lowest BCUT2D eigenvalue weighted by molar-refractivity contribution is 0.0953. The summed E-state index contributed by atoms with van der Waals surface area (Å²) in [6.45, 7) is 4.74. The number of benzene rings is 2. The Kier molecular flexibility index (Phi) is 4.60. The molecule has 0 saturated heterocycles. The molecule has 5 heteroatoms. The van der Waals surface area contributed by atoms with Crippen LogP contribution >= 0.6 is 0 Å². The fourth-order valence-corrected chi connectivity index (χ4v) is 2.70. The lowest BCUT2D eigenvalue weighted by atomic mass is 10.1. The molecule has 0 saturated carbocycles. The molecule has 1 heterocycles. The average Bonchev–Trinajstić information content (AvgIpc) is 2.98. The molecule has 0 atom stereocenters. The summed E-state index contributed by atoms with van der Waals surface area (Å²) in [7, 11) is 0. The molecule has 0 spiro atoms. The number of hydrogen-bond donors (Lipinski definition) is 1. The predicted molar refractivity (Wildman–Crippen MR) is 92.6 cm³/mol. The summed E-state index contributed by atoms with van der Waals surface area (Å²) < 4.78 is 15.3. The van der Waals surface area contributed by atoms with Gasteiger partial charge in [-0.1, -0.05) is 12.1 Å². The molecule has 0 aliphatic carbocycles. The van der Waals surface area contributed by atoms with Gasteiger partial charge in [-0.2, -0.15) is 0 Å². The lowest BCUT2D eigenvalue weighted by Gasteiger charge is -2.08. The fourth-order valence-electron chi connectivity index (χ4n) is 2.70. The Morgan fingerprint density at radius 2 is 2.08 bits per heavy atom. The molecule has 124 valence electrons. The molecular formula is C19H20FN3O. The summed E-state index contributed by atoms with van der Waals surface area (Å²) >= 11 is 0. The molecule has 0 unspecified atom stereocenters. The molecule has 0 aliphatic heterocycles. The smallest absolute Gasteiger partial charge is 0.251 e. The summed E-state index contributed by atoms with van der Waals surface area (Å²) in [4.78, 5) is 16.4. The van der Waals surface area contributed by atoms with E-state index in [0.29, 0.717) is 24.6 Å². The number of carbonyl (C=O) groups is 1. The van der Waals surface area contributed by atoms with Crippen LogP contribution in [-0.4, -0.2) is 22.0 Å². The zero-order valence-corrected chi connectivity index (χ0v) is 13.8. The lowest BCUT2D eigenvalue weighted by Crippen LogP contribution is -2.25. The van der Waals surface area contributed by atoms with Crippen molar-refractivity contribution >= 4 is 16.9 Å². The third-order valence-corrected chi connectivity index (χ3v) is 3.98. The molecular weight excluding hydrogens is 305 g/mol. The van der Waals surface area contributed by atoms with E-state index in [4.69, 9.17) is 0 Å². The van der Waals surface area contributed by atoms with Crippen molar-refractivity contribution in [3.8, 4) is 0 Å². The maximum Gasteiger partial charge on any atom is 0.251 e. The Bertz CT molecular complexity index is 870. The first-order valence-electron chi connectivity index (χ1n) is 8.04. The monoisotopic (exact) mass is 325 g/mol. The summed E-state index contributed by atoms with van der Waals surface area (Å²) in [6, 6.07) is 12.2. The molecule has 4 nitrogen and oxygen atoms in total. The highest BCUT2D eigenvalue weighted by Crippen LogP contribution is 2.19. The number of nitrogens with zero attached hydrogens (tertiary/aromatic N) is 2. The first-order chi connectivity index (χ1) is 11.5. The average molecular weight is 325 g/mol. The van der Waals surface area contributed by atoms with Crippen LogP contribution in [0.1, 0.15) is 35.8 Å². The maximum atomic E-state index is 13.1. The summed E-state index contributed by atoms with van der Waals surface area (Å²) in [5.41, 5.74) is 3.51. The largest absolute Gasteiger partial charge is 0.352 e. The highest BCUT2D eigenvalue weighted by molar-refractivity contribution is 5.94. The highest BCUT2D eigenvalue weighted by Gasteiger charge is 2.08. The summed E-state index contributed by atoms with van der Waals surface area (Å²) in [5, 5.41) is 2.81. The van der Waals surface area contributed by atoms with Crippen molar-refractivity contribution < 1.29 is 9.18 Å². The fraction of sp³-hybridized carbons (Fsp3) is 0.263. The van der Waals surface area contributed by atoms with Crippen LogP contribution in [0.5, 0.6) is 0 Å². The third-order valence-electron chi connectivity index (χ3n) is 3.98. The van der Waals surface area contributed by atoms with E-state index in [2.05, 4.69) is 40.8 Å². The topological polar surface area (TPSA) is 46.9 Å². The van der Waals surface area contributed by atoms with Crippen molar-refractivity contribution in [2.75, 3.05) is 6.54 Å². The van der Waals surface area contributed by atoms with Gasteiger partial charge >= 0.3 is 0 Å². The molecule has 0 aliphatic rings. The van der Waals surface area contributed by atoms with Gasteiger partial charge in [0.1, 0.15) is 5.82 Å². The number of amides is 1. The molecule has 0 radical (unpaired) electrons. The van der Waals surface area contributed by atoms with Crippen LogP contribution in [0.4, 0.5) is 4.39 Å². The minimum Gasteiger partial charge on any atom is -0.352 e. The van der Waals surface area contributed by atoms with Gasteiger partial charge in [-0.25, -0.2) is 9.37 Å². The number of fused-ring (bicyclic) bond motifs is 1. The van der Waals surface area contributed by atoms with Crippen molar-refractivity contribution in [2.45, 2.75) is 26.3 Å². The van der Waals surface area contributed by atoms with E-state index in [1.807, 2.05) is 12.4 Å². The summed E-state index contributed by atoms with van der Waals surface area (Å²) in [6.07, 6.45) is 2.55. The minimum absolute atomic E-state index is 0.264. The van der Waals surface area contributed by atoms with E-state index < -0.39 is 5.82 Å². The van der Waals surface area contributed by atoms with Crippen molar-refractivity contribution in [3.05, 3.63) is 65.7 Å². The quantitative estimate of drug-likeness (QED) is 0.777. The second-order valence-corrected chi connectivity index (χ2v) is 6.08. The van der Waals surface area contributed by atoms with E-state index >= 15 is 0 Å². The number of carbonyl (C=O) groups excluding carboxylic acids is 1. The molecule has 0 bridgehead atoms. The van der Waals surface area contributed by atoms with Gasteiger partial charge in [-0.15, -0.1) is 0 Å². The zero-order chi connectivity index (χ0) is 17.1. The third kappa shape index (κ3) is 3.45. The Balaban J connectivity index is 1.62. The zero-order valence-electron chi connectivity index (χ0n) is 13.8. The van der Waals surface area contributed by atoms with E-state index in [1.165, 1.54) is 18.2 Å². The first kappa shape index (κ1) is 16.2. The summed E-state index contributed by atoms with van der Waals surface area (Å²) in [5.74, 6) is -0.673. The second kappa shape index (κ2) is 6.83. The van der Waals surface area contributed by atoms with Gasteiger partial charge in [-0.05, 0) is 56.2 Å². The SMILES string of the molecule is CC(C)n1cnc2cc(CCNC(=O)c3cccc(F)c3)ccc21. The molecule has 1 N–H and O–H groups in total. The van der Waals surface area contributed by atoms with Gasteiger partial charge in [0, 0.05) is 18.2 Å². The van der Waals surface area contributed by atoms with Crippen LogP contribution in [0.2, 0.25) is 0 Å². The molecule has 1 aromatic heterocycles. The van der Waals surface area contributed by atoms with Crippen LogP contribution in [0.15, 0.2) is 48.8 Å². The molecule has 24 heavy (non-hydrogen) atoms. The normalized spacial score (nSPS) is 11.2. The van der Waals surface area contributed by atoms with Crippen LogP contribution in [0.3, 0.4) is 0 Å². The van der Waals surface area contributed by atoms with E-state index in [9.17, 15) is 9.18 Å². The van der Waals surface area contributed by atoms with E-state index in [0.717, 1.165) is 16.6 Å². The van der Waals surface area contributed by atoms with Crippen molar-refractivity contribution in [1.29, 1.82) is 0 Å². The number of hydrogen-bond acceptors (Lipinski definition) is 2. The molecule has 0 fully saturated rings. The van der Waals surface area contributed by atoms with Crippen LogP contribution in [-0.2, 0) is 6.42 Å². The number of imidazole rings is 1. The predicted octanol–water partition coefficient (Wildman–Crippen LogP) is 3.73. The van der Waals surface area contributed by atoms with E-state index in [1.54, 1.807) is 6.07 Å². The maximum absolute atomic E-state index is 13.1. The van der Waals surface area contributed by atoms with Crippen LogP contribution < -0.4 is 5.32 Å². The Morgan fingerprint density at radius 1 is 1.25 bits per heavy atom. The molecule has 2 aromatic carbocycles. The second-order valence-electron chi connectivity index (χ2n) is 6.08. The molecule has 3 rings (SSSR count). The van der Waals surface area contributed by atoms with Gasteiger partial charge in [0.2, 0.25) is 0 Å². The van der Waals surface area contributed by atoms with Gasteiger partial charge < -0.3 is 9.88 Å². The van der Waals surface area contributed by atoms with E-state index in [-0.39, 0.29) is 5.91 Å². The Hall–Kier alpha value is -2.69. The molecule has 3 aromatic rings. The number of aromatic nitrogens is 2. The molecule has 1 amide bonds. The van der Waals surface area contributed by atoms with Crippen molar-refractivity contribution in [2.24, 2.45) is 0 Å². The highest BCUT2D eigenvalue weighted by atomic mass is 19.1. The minimum atomic E-state index is -0.408. The van der Waals surface area contributed by atoms with Crippen molar-refractivity contribution in [1.82, 2.24) is 14.9 Å². The van der Waals surface area contributed by atoms with Crippen LogP contribution in [0, 0.1) is 5.82 Å². The van der Waals surface area contributed by atoms with Crippen LogP contribution in [0.25, 0.3) is 11.0 Å². The number of nitrogens with one attached hydrogen (secondary N) is 1. The number of rotatable bonds is 5. The van der Waals surface area contributed by atoms with Gasteiger partial charge in [0.15, 0.2) is 0 Å². The number of halogens is 1. The van der Waals surface area contributed by atoms with Gasteiger partial charge in [0.25, 0.3) is 5.91 Å². The van der Waals surface area contributed by atoms with Gasteiger partial charge in [-0.3, -0.25) is 4.79 Å². The van der Waals surface area contributed by atoms with Gasteiger partial charge in [0.05, 0.1) is 17.4 Å². The Morgan fingerprint density at radius 3 is 2.83 bits per heavy atom.